The van der Waals surface area contributed by atoms with Crippen LogP contribution >= 0.6 is 12.2 Å². The number of nitrogens with one attached hydrogen (secondary N) is 2. The third-order valence-electron chi connectivity index (χ3n) is 4.30. The Balaban J connectivity index is 1.67. The van der Waals surface area contributed by atoms with Crippen LogP contribution in [0.1, 0.15) is 27.2 Å². The lowest BCUT2D eigenvalue weighted by Crippen LogP contribution is -2.33. The summed E-state index contributed by atoms with van der Waals surface area (Å²) in [6.07, 6.45) is -4.47. The summed E-state index contributed by atoms with van der Waals surface area (Å²) in [6.45, 7) is 3.98. The summed E-state index contributed by atoms with van der Waals surface area (Å²) in [5.74, 6) is -0.0500. The van der Waals surface area contributed by atoms with Gasteiger partial charge >= 0.3 is 6.18 Å². The van der Waals surface area contributed by atoms with E-state index in [9.17, 15) is 18.0 Å². The van der Waals surface area contributed by atoms with Crippen LogP contribution in [0.4, 0.5) is 18.9 Å². The summed E-state index contributed by atoms with van der Waals surface area (Å²) >= 11 is 5.01. The first-order chi connectivity index (χ1) is 13.6. The molecule has 0 spiro atoms. The number of carbonyl (C=O) groups excluding carboxylic acids is 1. The number of hydrogen-bond acceptors (Lipinski definition) is 3. The number of benzene rings is 2. The quantitative estimate of drug-likeness (QED) is 0.535. The lowest BCUT2D eigenvalue weighted by Gasteiger charge is -2.11. The van der Waals surface area contributed by atoms with E-state index in [0.29, 0.717) is 5.76 Å². The zero-order valence-electron chi connectivity index (χ0n) is 15.6. The summed E-state index contributed by atoms with van der Waals surface area (Å²) in [5.41, 5.74) is 2.36. The molecule has 1 heterocycles. The van der Waals surface area contributed by atoms with Crippen LogP contribution in [0.5, 0.6) is 0 Å². The second-order valence-electron chi connectivity index (χ2n) is 6.45. The van der Waals surface area contributed by atoms with Gasteiger partial charge in [-0.2, -0.15) is 13.2 Å². The summed E-state index contributed by atoms with van der Waals surface area (Å²) in [4.78, 5) is 12.3. The molecule has 3 aromatic rings. The highest BCUT2D eigenvalue weighted by atomic mass is 32.1. The van der Waals surface area contributed by atoms with E-state index in [2.05, 4.69) is 10.6 Å². The number of furan rings is 1. The fourth-order valence-corrected chi connectivity index (χ4v) is 2.82. The van der Waals surface area contributed by atoms with Crippen LogP contribution in [0.2, 0.25) is 0 Å². The van der Waals surface area contributed by atoms with Crippen molar-refractivity contribution < 1.29 is 22.4 Å². The molecule has 8 heteroatoms. The Bertz CT molecular complexity index is 1070. The molecule has 0 unspecified atom stereocenters. The number of thiocarbonyl (C=S) groups is 1. The Morgan fingerprint density at radius 1 is 1.00 bits per heavy atom. The van der Waals surface area contributed by atoms with Crippen molar-refractivity contribution in [3.05, 3.63) is 77.0 Å². The van der Waals surface area contributed by atoms with Gasteiger partial charge in [0.25, 0.3) is 5.91 Å². The highest BCUT2D eigenvalue weighted by Gasteiger charge is 2.30. The standard InChI is InChI=1S/C21H17F3N2O2S/c1-12-6-7-14(10-13(12)2)17-8-9-18(28-17)19(27)26-20(29)25-16-5-3-4-15(11-16)21(22,23)24/h3-11H,1-2H3,(H2,25,26,27,29). The van der Waals surface area contributed by atoms with Gasteiger partial charge in [-0.3, -0.25) is 10.1 Å². The van der Waals surface area contributed by atoms with E-state index >= 15 is 0 Å². The predicted molar refractivity (Wildman–Crippen MR) is 109 cm³/mol. The second kappa shape index (κ2) is 8.08. The fourth-order valence-electron chi connectivity index (χ4n) is 2.61. The molecule has 0 aliphatic carbocycles. The normalized spacial score (nSPS) is 11.2. The van der Waals surface area contributed by atoms with E-state index in [1.165, 1.54) is 18.2 Å². The number of amides is 1. The monoisotopic (exact) mass is 418 g/mol. The molecule has 0 fully saturated rings. The average molecular weight is 418 g/mol. The van der Waals surface area contributed by atoms with Gasteiger partial charge in [-0.25, -0.2) is 0 Å². The lowest BCUT2D eigenvalue weighted by molar-refractivity contribution is -0.137. The van der Waals surface area contributed by atoms with Crippen LogP contribution in [-0.4, -0.2) is 11.0 Å². The third-order valence-corrected chi connectivity index (χ3v) is 4.50. The van der Waals surface area contributed by atoms with Crippen molar-refractivity contribution in [3.63, 3.8) is 0 Å². The SMILES string of the molecule is Cc1ccc(-c2ccc(C(=O)NC(=S)Nc3cccc(C(F)(F)F)c3)o2)cc1C. The molecule has 29 heavy (non-hydrogen) atoms. The number of alkyl halides is 3. The molecular formula is C21H17F3N2O2S. The number of hydrogen-bond donors (Lipinski definition) is 2. The summed E-state index contributed by atoms with van der Waals surface area (Å²) < 4.78 is 43.9. The van der Waals surface area contributed by atoms with E-state index in [0.717, 1.165) is 28.8 Å². The second-order valence-corrected chi connectivity index (χ2v) is 6.86. The summed E-state index contributed by atoms with van der Waals surface area (Å²) in [5, 5.41) is 4.82. The van der Waals surface area contributed by atoms with Crippen molar-refractivity contribution in [2.24, 2.45) is 0 Å². The molecule has 2 N–H and O–H groups in total. The molecule has 1 amide bonds. The van der Waals surface area contributed by atoms with Crippen molar-refractivity contribution in [1.29, 1.82) is 0 Å². The number of halogens is 3. The number of carbonyl (C=O) groups is 1. The van der Waals surface area contributed by atoms with E-state index in [1.807, 2.05) is 32.0 Å². The van der Waals surface area contributed by atoms with Crippen molar-refractivity contribution in [2.75, 3.05) is 5.32 Å². The molecule has 1 aromatic heterocycles. The van der Waals surface area contributed by atoms with Gasteiger partial charge in [0.1, 0.15) is 5.76 Å². The molecule has 4 nitrogen and oxygen atoms in total. The van der Waals surface area contributed by atoms with Crippen molar-refractivity contribution in [3.8, 4) is 11.3 Å². The van der Waals surface area contributed by atoms with Crippen LogP contribution in [-0.2, 0) is 6.18 Å². The first-order valence-electron chi connectivity index (χ1n) is 8.60. The Kier molecular flexibility index (Phi) is 5.74. The summed E-state index contributed by atoms with van der Waals surface area (Å²) in [7, 11) is 0. The minimum absolute atomic E-state index is 0.0337. The van der Waals surface area contributed by atoms with Crippen LogP contribution in [0.25, 0.3) is 11.3 Å². The van der Waals surface area contributed by atoms with Crippen molar-refractivity contribution in [2.45, 2.75) is 20.0 Å². The molecule has 0 atom stereocenters. The zero-order valence-corrected chi connectivity index (χ0v) is 16.4. The lowest BCUT2D eigenvalue weighted by atomic mass is 10.1. The predicted octanol–water partition coefficient (Wildman–Crippen LogP) is 5.71. The fraction of sp³-hybridized carbons (Fsp3) is 0.143. The van der Waals surface area contributed by atoms with Crippen molar-refractivity contribution >= 4 is 28.9 Å². The van der Waals surface area contributed by atoms with Gasteiger partial charge in [0.15, 0.2) is 10.9 Å². The Morgan fingerprint density at radius 3 is 2.45 bits per heavy atom. The molecule has 0 aliphatic heterocycles. The Hall–Kier alpha value is -3.13. The van der Waals surface area contributed by atoms with Crippen LogP contribution in [0.15, 0.2) is 59.0 Å². The van der Waals surface area contributed by atoms with E-state index in [1.54, 1.807) is 6.07 Å². The highest BCUT2D eigenvalue weighted by Crippen LogP contribution is 2.30. The Labute approximate surface area is 170 Å². The zero-order chi connectivity index (χ0) is 21.2. The maximum Gasteiger partial charge on any atom is 0.416 e. The maximum atomic E-state index is 12.8. The molecule has 0 saturated heterocycles. The van der Waals surface area contributed by atoms with Gasteiger partial charge in [-0.15, -0.1) is 0 Å². The van der Waals surface area contributed by atoms with Gasteiger partial charge < -0.3 is 9.73 Å². The van der Waals surface area contributed by atoms with Gasteiger partial charge in [0, 0.05) is 11.3 Å². The minimum atomic E-state index is -4.47. The van der Waals surface area contributed by atoms with Crippen LogP contribution in [0, 0.1) is 13.8 Å². The maximum absolute atomic E-state index is 12.8. The van der Waals surface area contributed by atoms with E-state index in [-0.39, 0.29) is 16.6 Å². The molecule has 2 aromatic carbocycles. The number of aryl methyl sites for hydroxylation is 2. The molecule has 0 bridgehead atoms. The summed E-state index contributed by atoms with van der Waals surface area (Å²) in [6, 6.07) is 13.5. The van der Waals surface area contributed by atoms with E-state index in [4.69, 9.17) is 16.6 Å². The largest absolute Gasteiger partial charge is 0.451 e. The molecule has 0 aliphatic rings. The first-order valence-corrected chi connectivity index (χ1v) is 9.01. The highest BCUT2D eigenvalue weighted by molar-refractivity contribution is 7.80. The number of anilines is 1. The van der Waals surface area contributed by atoms with Crippen LogP contribution in [0.3, 0.4) is 0 Å². The van der Waals surface area contributed by atoms with Gasteiger partial charge in [-0.1, -0.05) is 18.2 Å². The molecule has 150 valence electrons. The Morgan fingerprint density at radius 2 is 1.76 bits per heavy atom. The topological polar surface area (TPSA) is 54.3 Å². The first kappa shape index (κ1) is 20.6. The number of rotatable bonds is 3. The molecule has 0 radical (unpaired) electrons. The van der Waals surface area contributed by atoms with Crippen molar-refractivity contribution in [1.82, 2.24) is 5.32 Å². The van der Waals surface area contributed by atoms with Gasteiger partial charge in [0.05, 0.1) is 5.56 Å². The molecular weight excluding hydrogens is 401 g/mol. The average Bonchev–Trinajstić information content (AvgIpc) is 3.14. The minimum Gasteiger partial charge on any atom is -0.451 e. The van der Waals surface area contributed by atoms with Gasteiger partial charge in [-0.05, 0) is 73.6 Å². The smallest absolute Gasteiger partial charge is 0.416 e. The molecule has 0 saturated carbocycles. The van der Waals surface area contributed by atoms with Crippen LogP contribution < -0.4 is 10.6 Å². The van der Waals surface area contributed by atoms with E-state index < -0.39 is 17.6 Å². The van der Waals surface area contributed by atoms with Gasteiger partial charge in [0.2, 0.25) is 0 Å². The molecule has 3 rings (SSSR count). The third kappa shape index (κ3) is 5.03.